The minimum absolute atomic E-state index is 0.919. The Morgan fingerprint density at radius 3 is 3.05 bits per heavy atom. The largest absolute Gasteiger partial charge is 0.369 e. The van der Waals surface area contributed by atoms with Crippen molar-refractivity contribution in [2.45, 2.75) is 12.8 Å². The number of anilines is 1. The first-order valence-corrected chi connectivity index (χ1v) is 8.61. The van der Waals surface area contributed by atoms with Crippen molar-refractivity contribution < 1.29 is 0 Å². The van der Waals surface area contributed by atoms with Crippen molar-refractivity contribution in [2.75, 3.05) is 11.9 Å². The molecule has 5 heteroatoms. The molecule has 0 amide bonds. The molecule has 106 valence electrons. The molecule has 0 fully saturated rings. The van der Waals surface area contributed by atoms with Gasteiger partial charge in [-0.1, -0.05) is 28.1 Å². The van der Waals surface area contributed by atoms with Gasteiger partial charge in [-0.05, 0) is 36.1 Å². The zero-order valence-electron chi connectivity index (χ0n) is 11.3. The zero-order valence-corrected chi connectivity index (χ0v) is 13.7. The SMILES string of the molecule is Brc1cccc(-n2nc(Cc3cccs3)c3c2NCC3)c1. The van der Waals surface area contributed by atoms with E-state index in [9.17, 15) is 0 Å². The fourth-order valence-electron chi connectivity index (χ4n) is 2.76. The van der Waals surface area contributed by atoms with Crippen LogP contribution in [0.1, 0.15) is 16.1 Å². The highest BCUT2D eigenvalue weighted by molar-refractivity contribution is 9.10. The average molecular weight is 360 g/mol. The smallest absolute Gasteiger partial charge is 0.133 e. The average Bonchev–Trinajstić information content (AvgIpc) is 3.18. The fourth-order valence-corrected chi connectivity index (χ4v) is 3.86. The summed E-state index contributed by atoms with van der Waals surface area (Å²) in [6.07, 6.45) is 1.98. The van der Waals surface area contributed by atoms with Crippen molar-refractivity contribution in [3.05, 3.63) is 62.4 Å². The Morgan fingerprint density at radius 1 is 1.29 bits per heavy atom. The molecule has 0 radical (unpaired) electrons. The lowest BCUT2D eigenvalue weighted by Gasteiger charge is -2.06. The van der Waals surface area contributed by atoms with E-state index in [0.29, 0.717) is 0 Å². The Bertz CT molecular complexity index is 777. The molecular formula is C16H14BrN3S. The number of hydrogen-bond donors (Lipinski definition) is 1. The lowest BCUT2D eigenvalue weighted by Crippen LogP contribution is -2.05. The molecule has 1 N–H and O–H groups in total. The molecule has 3 nitrogen and oxygen atoms in total. The quantitative estimate of drug-likeness (QED) is 0.757. The Morgan fingerprint density at radius 2 is 2.24 bits per heavy atom. The molecule has 1 aromatic carbocycles. The maximum atomic E-state index is 4.86. The van der Waals surface area contributed by atoms with Gasteiger partial charge in [-0.3, -0.25) is 0 Å². The van der Waals surface area contributed by atoms with Crippen molar-refractivity contribution in [1.82, 2.24) is 9.78 Å². The summed E-state index contributed by atoms with van der Waals surface area (Å²) >= 11 is 5.33. The molecular weight excluding hydrogens is 346 g/mol. The standard InChI is InChI=1S/C16H14BrN3S/c17-11-3-1-4-12(9-11)20-16-14(6-7-18-16)15(19-20)10-13-5-2-8-21-13/h1-5,8-9,18H,6-7,10H2. The first kappa shape index (κ1) is 13.1. The van der Waals surface area contributed by atoms with Crippen LogP contribution in [0.15, 0.2) is 46.3 Å². The minimum atomic E-state index is 0.919. The molecule has 1 aliphatic rings. The molecule has 3 aromatic rings. The van der Waals surface area contributed by atoms with Crippen LogP contribution in [0, 0.1) is 0 Å². The van der Waals surface area contributed by atoms with E-state index in [0.717, 1.165) is 35.4 Å². The Balaban J connectivity index is 1.79. The van der Waals surface area contributed by atoms with Crippen LogP contribution >= 0.6 is 27.3 Å². The number of hydrogen-bond acceptors (Lipinski definition) is 3. The number of rotatable bonds is 3. The van der Waals surface area contributed by atoms with Gasteiger partial charge in [-0.2, -0.15) is 5.10 Å². The summed E-state index contributed by atoms with van der Waals surface area (Å²) in [7, 11) is 0. The minimum Gasteiger partial charge on any atom is -0.369 e. The van der Waals surface area contributed by atoms with E-state index in [2.05, 4.69) is 50.9 Å². The first-order chi connectivity index (χ1) is 10.3. The summed E-state index contributed by atoms with van der Waals surface area (Å²) < 4.78 is 3.11. The fraction of sp³-hybridized carbons (Fsp3) is 0.188. The highest BCUT2D eigenvalue weighted by Crippen LogP contribution is 2.31. The van der Waals surface area contributed by atoms with E-state index < -0.39 is 0 Å². The maximum absolute atomic E-state index is 4.86. The molecule has 0 saturated carbocycles. The van der Waals surface area contributed by atoms with Gasteiger partial charge in [0, 0.05) is 27.9 Å². The van der Waals surface area contributed by atoms with Crippen LogP contribution in [0.25, 0.3) is 5.69 Å². The van der Waals surface area contributed by atoms with Gasteiger partial charge in [-0.15, -0.1) is 11.3 Å². The summed E-state index contributed by atoms with van der Waals surface area (Å²) in [6, 6.07) is 12.5. The van der Waals surface area contributed by atoms with E-state index in [-0.39, 0.29) is 0 Å². The van der Waals surface area contributed by atoms with Gasteiger partial charge < -0.3 is 5.32 Å². The second kappa shape index (κ2) is 5.31. The highest BCUT2D eigenvalue weighted by atomic mass is 79.9. The summed E-state index contributed by atoms with van der Waals surface area (Å²) in [5.41, 5.74) is 3.65. The number of thiophene rings is 1. The molecule has 3 heterocycles. The van der Waals surface area contributed by atoms with Crippen LogP contribution < -0.4 is 5.32 Å². The third-order valence-corrected chi connectivity index (χ3v) is 5.08. The van der Waals surface area contributed by atoms with E-state index in [1.165, 1.54) is 16.1 Å². The number of nitrogens with one attached hydrogen (secondary N) is 1. The van der Waals surface area contributed by atoms with Crippen LogP contribution in [0.4, 0.5) is 5.82 Å². The van der Waals surface area contributed by atoms with Gasteiger partial charge in [0.15, 0.2) is 0 Å². The van der Waals surface area contributed by atoms with Crippen molar-refractivity contribution in [2.24, 2.45) is 0 Å². The van der Waals surface area contributed by atoms with E-state index >= 15 is 0 Å². The van der Waals surface area contributed by atoms with Crippen molar-refractivity contribution >= 4 is 33.1 Å². The first-order valence-electron chi connectivity index (χ1n) is 6.94. The number of aromatic nitrogens is 2. The molecule has 0 saturated heterocycles. The molecule has 4 rings (SSSR count). The molecule has 1 aliphatic heterocycles. The number of nitrogens with zero attached hydrogens (tertiary/aromatic N) is 2. The predicted octanol–water partition coefficient (Wildman–Crippen LogP) is 4.26. The Hall–Kier alpha value is -1.59. The Labute approximate surface area is 135 Å². The number of fused-ring (bicyclic) bond motifs is 1. The summed E-state index contributed by atoms with van der Waals surface area (Å²) in [4.78, 5) is 1.36. The van der Waals surface area contributed by atoms with Crippen LogP contribution in [0.2, 0.25) is 0 Å². The van der Waals surface area contributed by atoms with Crippen molar-refractivity contribution in [3.63, 3.8) is 0 Å². The summed E-state index contributed by atoms with van der Waals surface area (Å²) in [5, 5.41) is 10.5. The third-order valence-electron chi connectivity index (χ3n) is 3.71. The molecule has 0 aliphatic carbocycles. The van der Waals surface area contributed by atoms with E-state index in [4.69, 9.17) is 5.10 Å². The molecule has 0 spiro atoms. The van der Waals surface area contributed by atoms with Gasteiger partial charge >= 0.3 is 0 Å². The monoisotopic (exact) mass is 359 g/mol. The van der Waals surface area contributed by atoms with Crippen molar-refractivity contribution in [1.29, 1.82) is 0 Å². The molecule has 0 bridgehead atoms. The van der Waals surface area contributed by atoms with Gasteiger partial charge in [0.05, 0.1) is 11.4 Å². The van der Waals surface area contributed by atoms with Crippen LogP contribution in [0.5, 0.6) is 0 Å². The normalized spacial score (nSPS) is 13.2. The highest BCUT2D eigenvalue weighted by Gasteiger charge is 2.23. The topological polar surface area (TPSA) is 29.9 Å². The van der Waals surface area contributed by atoms with E-state index in [1.54, 1.807) is 11.3 Å². The van der Waals surface area contributed by atoms with Crippen molar-refractivity contribution in [3.8, 4) is 5.69 Å². The van der Waals surface area contributed by atoms with Gasteiger partial charge in [0.1, 0.15) is 5.82 Å². The third kappa shape index (κ3) is 2.40. The number of halogens is 1. The maximum Gasteiger partial charge on any atom is 0.133 e. The zero-order chi connectivity index (χ0) is 14.2. The van der Waals surface area contributed by atoms with Gasteiger partial charge in [0.25, 0.3) is 0 Å². The van der Waals surface area contributed by atoms with Gasteiger partial charge in [-0.25, -0.2) is 4.68 Å². The lowest BCUT2D eigenvalue weighted by atomic mass is 10.1. The van der Waals surface area contributed by atoms with Crippen LogP contribution in [0.3, 0.4) is 0 Å². The molecule has 2 aromatic heterocycles. The van der Waals surface area contributed by atoms with Gasteiger partial charge in [0.2, 0.25) is 0 Å². The Kier molecular flexibility index (Phi) is 3.31. The molecule has 0 atom stereocenters. The lowest BCUT2D eigenvalue weighted by molar-refractivity contribution is 0.841. The van der Waals surface area contributed by atoms with Crippen LogP contribution in [-0.4, -0.2) is 16.3 Å². The van der Waals surface area contributed by atoms with E-state index in [1.807, 2.05) is 16.8 Å². The number of benzene rings is 1. The molecule has 0 unspecified atom stereocenters. The predicted molar refractivity (Wildman–Crippen MR) is 90.6 cm³/mol. The second-order valence-corrected chi connectivity index (χ2v) is 7.05. The molecule has 21 heavy (non-hydrogen) atoms. The summed E-state index contributed by atoms with van der Waals surface area (Å²) in [5.74, 6) is 1.15. The second-order valence-electron chi connectivity index (χ2n) is 5.10. The van der Waals surface area contributed by atoms with Crippen LogP contribution in [-0.2, 0) is 12.8 Å². The summed E-state index contributed by atoms with van der Waals surface area (Å²) in [6.45, 7) is 0.999.